The van der Waals surface area contributed by atoms with Crippen molar-refractivity contribution >= 4 is 17.7 Å². The van der Waals surface area contributed by atoms with Gasteiger partial charge in [-0.15, -0.1) is 11.8 Å². The van der Waals surface area contributed by atoms with E-state index in [1.165, 1.54) is 0 Å². The first-order valence-corrected chi connectivity index (χ1v) is 8.74. The first kappa shape index (κ1) is 17.6. The molecule has 2 aromatic rings. The van der Waals surface area contributed by atoms with Gasteiger partial charge in [-0.3, -0.25) is 4.79 Å². The second kappa shape index (κ2) is 8.75. The number of aryl methyl sites for hydroxylation is 1. The minimum atomic E-state index is -0.147. The van der Waals surface area contributed by atoms with Crippen molar-refractivity contribution in [3.63, 3.8) is 0 Å². The van der Waals surface area contributed by atoms with Gasteiger partial charge in [0.05, 0.1) is 11.7 Å². The Labute approximate surface area is 142 Å². The van der Waals surface area contributed by atoms with Crippen molar-refractivity contribution in [1.29, 1.82) is 0 Å². The zero-order chi connectivity index (χ0) is 16.7. The minimum Gasteiger partial charge on any atom is -0.375 e. The molecule has 4 heteroatoms. The van der Waals surface area contributed by atoms with E-state index in [2.05, 4.69) is 25.2 Å². The van der Waals surface area contributed by atoms with E-state index in [0.29, 0.717) is 6.54 Å². The van der Waals surface area contributed by atoms with Gasteiger partial charge < -0.3 is 10.1 Å². The van der Waals surface area contributed by atoms with Gasteiger partial charge in [0, 0.05) is 18.6 Å². The van der Waals surface area contributed by atoms with Gasteiger partial charge in [0.1, 0.15) is 0 Å². The highest BCUT2D eigenvalue weighted by Crippen LogP contribution is 2.23. The van der Waals surface area contributed by atoms with E-state index in [1.807, 2.05) is 42.5 Å². The van der Waals surface area contributed by atoms with Crippen LogP contribution in [0.3, 0.4) is 0 Å². The molecule has 2 rings (SSSR count). The Morgan fingerprint density at radius 3 is 2.57 bits per heavy atom. The van der Waals surface area contributed by atoms with E-state index >= 15 is 0 Å². The maximum Gasteiger partial charge on any atom is 0.252 e. The van der Waals surface area contributed by atoms with Crippen LogP contribution in [-0.2, 0) is 4.74 Å². The Morgan fingerprint density at radius 1 is 1.17 bits per heavy atom. The van der Waals surface area contributed by atoms with Crippen molar-refractivity contribution in [2.45, 2.75) is 24.8 Å². The number of amides is 1. The number of hydrogen-bond acceptors (Lipinski definition) is 3. The molecule has 0 radical (unpaired) electrons. The molecule has 0 saturated carbocycles. The van der Waals surface area contributed by atoms with E-state index in [-0.39, 0.29) is 12.0 Å². The van der Waals surface area contributed by atoms with Crippen LogP contribution < -0.4 is 5.32 Å². The maximum atomic E-state index is 12.5. The molecular weight excluding hydrogens is 306 g/mol. The van der Waals surface area contributed by atoms with E-state index in [4.69, 9.17) is 4.74 Å². The van der Waals surface area contributed by atoms with Crippen LogP contribution in [0.4, 0.5) is 0 Å². The van der Waals surface area contributed by atoms with Crippen LogP contribution in [0.25, 0.3) is 0 Å². The fraction of sp³-hybridized carbons (Fsp3) is 0.316. The highest BCUT2D eigenvalue weighted by Gasteiger charge is 2.16. The molecule has 0 aliphatic rings. The highest BCUT2D eigenvalue weighted by molar-refractivity contribution is 7.99. The molecule has 0 aliphatic carbocycles. The number of hydrogen-bond donors (Lipinski definition) is 1. The summed E-state index contributed by atoms with van der Waals surface area (Å²) in [5, 5.41) is 3.00. The molecule has 2 aromatic carbocycles. The largest absolute Gasteiger partial charge is 0.375 e. The Hall–Kier alpha value is -1.78. The molecule has 122 valence electrons. The predicted octanol–water partition coefficient (Wildman–Crippen LogP) is 4.22. The molecule has 1 atom stereocenters. The van der Waals surface area contributed by atoms with Gasteiger partial charge >= 0.3 is 0 Å². The molecule has 1 amide bonds. The summed E-state index contributed by atoms with van der Waals surface area (Å²) in [7, 11) is 1.67. The number of rotatable bonds is 7. The first-order valence-electron chi connectivity index (χ1n) is 7.75. The van der Waals surface area contributed by atoms with Crippen LogP contribution in [0.2, 0.25) is 0 Å². The van der Waals surface area contributed by atoms with E-state index in [9.17, 15) is 4.79 Å². The van der Waals surface area contributed by atoms with Gasteiger partial charge in [-0.25, -0.2) is 0 Å². The monoisotopic (exact) mass is 329 g/mol. The molecule has 0 saturated heterocycles. The third kappa shape index (κ3) is 4.60. The lowest BCUT2D eigenvalue weighted by Crippen LogP contribution is -2.29. The lowest BCUT2D eigenvalue weighted by molar-refractivity contribution is 0.0824. The predicted molar refractivity (Wildman–Crippen MR) is 96.1 cm³/mol. The molecule has 0 heterocycles. The number of carbonyl (C=O) groups is 1. The van der Waals surface area contributed by atoms with Crippen molar-refractivity contribution in [2.24, 2.45) is 0 Å². The molecule has 0 spiro atoms. The zero-order valence-corrected chi connectivity index (χ0v) is 14.7. The normalized spacial score (nSPS) is 12.0. The average molecular weight is 329 g/mol. The Bertz CT molecular complexity index is 657. The van der Waals surface area contributed by atoms with Crippen molar-refractivity contribution in [1.82, 2.24) is 5.32 Å². The van der Waals surface area contributed by atoms with Crippen LogP contribution in [0.1, 0.15) is 34.5 Å². The second-order valence-electron chi connectivity index (χ2n) is 5.22. The minimum absolute atomic E-state index is 0.0582. The lowest BCUT2D eigenvalue weighted by atomic mass is 10.0. The topological polar surface area (TPSA) is 38.3 Å². The van der Waals surface area contributed by atoms with Crippen LogP contribution in [0.15, 0.2) is 53.4 Å². The highest BCUT2D eigenvalue weighted by atomic mass is 32.2. The van der Waals surface area contributed by atoms with Crippen molar-refractivity contribution in [2.75, 3.05) is 19.4 Å². The van der Waals surface area contributed by atoms with Crippen LogP contribution >= 0.6 is 11.8 Å². The van der Waals surface area contributed by atoms with Gasteiger partial charge in [0.25, 0.3) is 5.91 Å². The summed E-state index contributed by atoms with van der Waals surface area (Å²) >= 11 is 1.68. The zero-order valence-electron chi connectivity index (χ0n) is 13.8. The summed E-state index contributed by atoms with van der Waals surface area (Å²) in [6.45, 7) is 4.58. The average Bonchev–Trinajstić information content (AvgIpc) is 2.57. The number of methoxy groups -OCH3 is 1. The summed E-state index contributed by atoms with van der Waals surface area (Å²) in [5.74, 6) is 0.881. The van der Waals surface area contributed by atoms with Crippen molar-refractivity contribution in [3.05, 3.63) is 65.2 Å². The molecule has 0 fully saturated rings. The Kier molecular flexibility index (Phi) is 6.68. The van der Waals surface area contributed by atoms with Crippen LogP contribution in [-0.4, -0.2) is 25.3 Å². The molecule has 1 N–H and O–H groups in total. The lowest BCUT2D eigenvalue weighted by Gasteiger charge is -2.19. The molecule has 0 bridgehead atoms. The Morgan fingerprint density at radius 2 is 1.87 bits per heavy atom. The van der Waals surface area contributed by atoms with Crippen molar-refractivity contribution < 1.29 is 9.53 Å². The van der Waals surface area contributed by atoms with Gasteiger partial charge in [-0.2, -0.15) is 0 Å². The number of nitrogens with one attached hydrogen (secondary N) is 1. The van der Waals surface area contributed by atoms with Gasteiger partial charge in [-0.1, -0.05) is 43.3 Å². The third-order valence-electron chi connectivity index (χ3n) is 3.70. The van der Waals surface area contributed by atoms with Gasteiger partial charge in [0.15, 0.2) is 0 Å². The van der Waals surface area contributed by atoms with Crippen LogP contribution in [0.5, 0.6) is 0 Å². The van der Waals surface area contributed by atoms with E-state index in [1.54, 1.807) is 18.9 Å². The smallest absolute Gasteiger partial charge is 0.252 e. The molecular formula is C19H23NO2S. The number of ether oxygens (including phenoxy) is 1. The second-order valence-corrected chi connectivity index (χ2v) is 6.53. The van der Waals surface area contributed by atoms with Gasteiger partial charge in [0.2, 0.25) is 0 Å². The van der Waals surface area contributed by atoms with Crippen LogP contribution in [0, 0.1) is 6.92 Å². The maximum absolute atomic E-state index is 12.5. The number of carbonyl (C=O) groups excluding carboxylic acids is 1. The molecule has 3 nitrogen and oxygen atoms in total. The fourth-order valence-electron chi connectivity index (χ4n) is 2.48. The molecule has 23 heavy (non-hydrogen) atoms. The van der Waals surface area contributed by atoms with Crippen molar-refractivity contribution in [3.8, 4) is 0 Å². The molecule has 0 aromatic heterocycles. The summed E-state index contributed by atoms with van der Waals surface area (Å²) < 4.78 is 5.56. The van der Waals surface area contributed by atoms with Gasteiger partial charge in [-0.05, 0) is 35.9 Å². The van der Waals surface area contributed by atoms with E-state index in [0.717, 1.165) is 27.3 Å². The molecule has 0 aliphatic heterocycles. The summed E-state index contributed by atoms with van der Waals surface area (Å²) in [5.41, 5.74) is 2.99. The SMILES string of the molecule is CCSc1ccccc1C(=O)NCC(OC)c1ccccc1C. The molecule has 1 unspecified atom stereocenters. The van der Waals surface area contributed by atoms with E-state index < -0.39 is 0 Å². The number of thioether (sulfide) groups is 1. The summed E-state index contributed by atoms with van der Waals surface area (Å²) in [4.78, 5) is 13.5. The quantitative estimate of drug-likeness (QED) is 0.773. The summed E-state index contributed by atoms with van der Waals surface area (Å²) in [6.07, 6.45) is -0.147. The Balaban J connectivity index is 2.07. The summed E-state index contributed by atoms with van der Waals surface area (Å²) in [6, 6.07) is 15.8. The standard InChI is InChI=1S/C19H23NO2S/c1-4-23-18-12-8-7-11-16(18)19(21)20-13-17(22-3)15-10-6-5-9-14(15)2/h5-12,17H,4,13H2,1-3H3,(H,20,21). The number of benzene rings is 2. The first-order chi connectivity index (χ1) is 11.2. The third-order valence-corrected chi connectivity index (χ3v) is 4.66. The fourth-order valence-corrected chi connectivity index (χ4v) is 3.29.